The van der Waals surface area contributed by atoms with E-state index in [2.05, 4.69) is 69.4 Å². The standard InChI is InChI=1S/C67H112N6O8/c1-6-8-10-12-14-16-18-20-21-22-23-24-25-26-27-28-30-31-33-35-37-42-49-61(74)68-51-45-44-48-58(71-62(75)50-43-38-36-34-32-29-19-17-15-13-11-9-7-2)66(80)70-56(5)64(78)72-59(52-55(3)4)67(81)73-60(65(79)69-54-63(76)77)53-57-46-40-39-41-47-57/h39-41,46-47,55-56,58-60H,6-23,28-38,42-45,48-54H2,1-5H3,(H,68,74)(H,69,79)(H,70,80)(H,71,75)(H,72,78)(H,73,81)(H,76,77)/t56-,58-,59-,60-/m0/s1. The number of aliphatic carboxylic acids is 1. The van der Waals surface area contributed by atoms with Crippen molar-refractivity contribution in [3.05, 3.63) is 35.9 Å². The molecule has 14 nitrogen and oxygen atoms in total. The van der Waals surface area contributed by atoms with Gasteiger partial charge in [0.15, 0.2) is 0 Å². The second-order valence-electron chi connectivity index (χ2n) is 22.9. The largest absolute Gasteiger partial charge is 0.480 e. The van der Waals surface area contributed by atoms with E-state index >= 15 is 0 Å². The van der Waals surface area contributed by atoms with Gasteiger partial charge in [0.05, 0.1) is 0 Å². The Hall–Kier alpha value is -5.37. The van der Waals surface area contributed by atoms with Gasteiger partial charge < -0.3 is 37.0 Å². The van der Waals surface area contributed by atoms with Gasteiger partial charge in [-0.1, -0.05) is 230 Å². The van der Waals surface area contributed by atoms with E-state index in [1.165, 1.54) is 129 Å². The van der Waals surface area contributed by atoms with Crippen LogP contribution in [0.3, 0.4) is 0 Å². The lowest BCUT2D eigenvalue weighted by atomic mass is 10.0. The van der Waals surface area contributed by atoms with E-state index in [4.69, 9.17) is 5.11 Å². The Labute approximate surface area is 491 Å². The number of benzene rings is 1. The molecule has 81 heavy (non-hydrogen) atoms. The van der Waals surface area contributed by atoms with Crippen molar-refractivity contribution in [1.29, 1.82) is 0 Å². The molecule has 0 aromatic heterocycles. The van der Waals surface area contributed by atoms with Gasteiger partial charge in [0.2, 0.25) is 35.4 Å². The van der Waals surface area contributed by atoms with Crippen LogP contribution in [0.2, 0.25) is 0 Å². The van der Waals surface area contributed by atoms with E-state index in [1.54, 1.807) is 24.3 Å². The number of unbranched alkanes of at least 4 members (excludes halogenated alkanes) is 29. The maximum absolute atomic E-state index is 13.9. The smallest absolute Gasteiger partial charge is 0.322 e. The van der Waals surface area contributed by atoms with Crippen molar-refractivity contribution in [2.24, 2.45) is 5.92 Å². The third kappa shape index (κ3) is 44.0. The van der Waals surface area contributed by atoms with Crippen molar-refractivity contribution >= 4 is 41.4 Å². The van der Waals surface area contributed by atoms with Gasteiger partial charge in [-0.25, -0.2) is 0 Å². The van der Waals surface area contributed by atoms with Gasteiger partial charge in [0, 0.05) is 38.6 Å². The molecule has 0 aliphatic carbocycles. The molecular weight excluding hydrogens is 1020 g/mol. The molecular formula is C67H112N6O8. The van der Waals surface area contributed by atoms with Crippen molar-refractivity contribution < 1.29 is 38.7 Å². The zero-order chi connectivity index (χ0) is 59.4. The van der Waals surface area contributed by atoms with Crippen molar-refractivity contribution in [2.75, 3.05) is 13.1 Å². The lowest BCUT2D eigenvalue weighted by molar-refractivity contribution is -0.138. The molecule has 6 amide bonds. The van der Waals surface area contributed by atoms with E-state index in [0.29, 0.717) is 38.6 Å². The first-order valence-electron chi connectivity index (χ1n) is 32.2. The van der Waals surface area contributed by atoms with Gasteiger partial charge in [0.1, 0.15) is 30.7 Å². The van der Waals surface area contributed by atoms with Gasteiger partial charge in [0.25, 0.3) is 0 Å². The van der Waals surface area contributed by atoms with Crippen LogP contribution in [0.4, 0.5) is 0 Å². The average Bonchev–Trinajstić information content (AvgIpc) is 3.44. The fraction of sp³-hybridized carbons (Fsp3) is 0.746. The average molecular weight is 1130 g/mol. The summed E-state index contributed by atoms with van der Waals surface area (Å²) in [5, 5.41) is 25.6. The molecule has 0 saturated carbocycles. The van der Waals surface area contributed by atoms with Crippen LogP contribution in [0.5, 0.6) is 0 Å². The molecule has 0 saturated heterocycles. The monoisotopic (exact) mass is 1130 g/mol. The van der Waals surface area contributed by atoms with Crippen LogP contribution < -0.4 is 31.9 Å². The highest BCUT2D eigenvalue weighted by Gasteiger charge is 2.30. The predicted molar refractivity (Wildman–Crippen MR) is 330 cm³/mol. The summed E-state index contributed by atoms with van der Waals surface area (Å²) >= 11 is 0. The summed E-state index contributed by atoms with van der Waals surface area (Å²) in [6, 6.07) is 4.75. The summed E-state index contributed by atoms with van der Waals surface area (Å²) in [7, 11) is 0. The van der Waals surface area contributed by atoms with Crippen LogP contribution in [0.15, 0.2) is 30.3 Å². The highest BCUT2D eigenvalue weighted by molar-refractivity contribution is 5.95. The number of carboxylic acid groups (broad SMARTS) is 1. The number of nitrogens with one attached hydrogen (secondary N) is 6. The number of hydrogen-bond donors (Lipinski definition) is 7. The van der Waals surface area contributed by atoms with E-state index in [9.17, 15) is 33.6 Å². The van der Waals surface area contributed by atoms with Crippen molar-refractivity contribution in [3.63, 3.8) is 0 Å². The molecule has 0 radical (unpaired) electrons. The molecule has 0 unspecified atom stereocenters. The van der Waals surface area contributed by atoms with E-state index in [-0.39, 0.29) is 37.0 Å². The molecule has 0 aliphatic heterocycles. The second-order valence-corrected chi connectivity index (χ2v) is 22.9. The highest BCUT2D eigenvalue weighted by atomic mass is 16.4. The first-order chi connectivity index (χ1) is 39.3. The van der Waals surface area contributed by atoms with Crippen molar-refractivity contribution in [2.45, 2.75) is 303 Å². The summed E-state index contributed by atoms with van der Waals surface area (Å²) in [6.45, 7) is 9.58. The minimum Gasteiger partial charge on any atom is -0.480 e. The normalized spacial score (nSPS) is 12.4. The molecule has 1 aromatic rings. The zero-order valence-corrected chi connectivity index (χ0v) is 51.4. The Bertz CT molecular complexity index is 1970. The Morgan fingerprint density at radius 1 is 0.444 bits per heavy atom. The first kappa shape index (κ1) is 73.6. The molecule has 0 aliphatic rings. The van der Waals surface area contributed by atoms with Gasteiger partial charge in [-0.3, -0.25) is 33.6 Å². The van der Waals surface area contributed by atoms with Crippen LogP contribution in [-0.4, -0.2) is 83.8 Å². The lowest BCUT2D eigenvalue weighted by Gasteiger charge is -2.26. The molecule has 0 heterocycles. The minimum absolute atomic E-state index is 0.00240. The van der Waals surface area contributed by atoms with Gasteiger partial charge >= 0.3 is 5.97 Å². The third-order valence-corrected chi connectivity index (χ3v) is 14.7. The molecule has 7 N–H and O–H groups in total. The van der Waals surface area contributed by atoms with Crippen molar-refractivity contribution in [1.82, 2.24) is 31.9 Å². The van der Waals surface area contributed by atoms with Crippen molar-refractivity contribution in [3.8, 4) is 23.7 Å². The second kappa shape index (κ2) is 51.5. The van der Waals surface area contributed by atoms with E-state index in [1.807, 2.05) is 19.9 Å². The summed E-state index contributed by atoms with van der Waals surface area (Å²) in [5.74, 6) is 8.43. The van der Waals surface area contributed by atoms with Gasteiger partial charge in [-0.2, -0.15) is 0 Å². The number of carbonyl (C=O) groups is 7. The molecule has 0 bridgehead atoms. The maximum Gasteiger partial charge on any atom is 0.322 e. The SMILES string of the molecule is CCCCCCCCCCCCC#CC#CCCCCCCCCC(=O)NCCCC[C@H](NC(=O)CCCCCCCCCCCCCCC)C(=O)N[C@@H](C)C(=O)N[C@@H](CC(C)C)C(=O)N[C@@H](Cc1ccccc1)C(=O)NCC(=O)O. The van der Waals surface area contributed by atoms with Gasteiger partial charge in [-0.15, -0.1) is 0 Å². The third-order valence-electron chi connectivity index (χ3n) is 14.7. The van der Waals surface area contributed by atoms with E-state index in [0.717, 1.165) is 76.2 Å². The topological polar surface area (TPSA) is 212 Å². The van der Waals surface area contributed by atoms with Gasteiger partial charge in [-0.05, 0) is 81.6 Å². The summed E-state index contributed by atoms with van der Waals surface area (Å²) in [6.07, 6.45) is 39.2. The van der Waals surface area contributed by atoms with Crippen LogP contribution in [0, 0.1) is 29.6 Å². The minimum atomic E-state index is -1.23. The quantitative estimate of drug-likeness (QED) is 0.0246. The Morgan fingerprint density at radius 2 is 0.889 bits per heavy atom. The number of hydrogen-bond acceptors (Lipinski definition) is 7. The van der Waals surface area contributed by atoms with Crippen LogP contribution >= 0.6 is 0 Å². The highest BCUT2D eigenvalue weighted by Crippen LogP contribution is 2.16. The summed E-state index contributed by atoms with van der Waals surface area (Å²) < 4.78 is 0. The fourth-order valence-corrected chi connectivity index (χ4v) is 9.75. The lowest BCUT2D eigenvalue weighted by Crippen LogP contribution is -2.58. The molecule has 0 fully saturated rings. The number of rotatable bonds is 51. The first-order valence-corrected chi connectivity index (χ1v) is 32.2. The van der Waals surface area contributed by atoms with E-state index < -0.39 is 60.3 Å². The molecule has 14 heteroatoms. The molecule has 4 atom stereocenters. The number of carboxylic acids is 1. The number of carbonyl (C=O) groups excluding carboxylic acids is 6. The summed E-state index contributed by atoms with van der Waals surface area (Å²) in [5.41, 5.74) is 0.737. The Balaban J connectivity index is 2.66. The van der Waals surface area contributed by atoms with Crippen LogP contribution in [0.1, 0.15) is 278 Å². The zero-order valence-electron chi connectivity index (χ0n) is 51.4. The molecule has 1 rings (SSSR count). The Morgan fingerprint density at radius 3 is 1.37 bits per heavy atom. The Kier molecular flexibility index (Phi) is 46.8. The molecule has 1 aromatic carbocycles. The maximum atomic E-state index is 13.9. The molecule has 0 spiro atoms. The van der Waals surface area contributed by atoms with Crippen LogP contribution in [0.25, 0.3) is 0 Å². The van der Waals surface area contributed by atoms with Crippen LogP contribution in [-0.2, 0) is 40.0 Å². The number of amides is 6. The summed E-state index contributed by atoms with van der Waals surface area (Å²) in [4.78, 5) is 91.7. The molecule has 458 valence electrons. The fourth-order valence-electron chi connectivity index (χ4n) is 9.75. The predicted octanol–water partition coefficient (Wildman–Crippen LogP) is 12.6.